The minimum Gasteiger partial charge on any atom is -0.460 e. The van der Waals surface area contributed by atoms with Gasteiger partial charge in [0.25, 0.3) is 5.60 Å². The number of pyridine rings is 1. The predicted octanol–water partition coefficient (Wildman–Crippen LogP) is 6.50. The van der Waals surface area contributed by atoms with Crippen molar-refractivity contribution in [1.82, 2.24) is 4.98 Å². The Morgan fingerprint density at radius 3 is 2.35 bits per heavy atom. The normalized spacial score (nSPS) is 15.1. The second-order valence-electron chi connectivity index (χ2n) is 7.70. The van der Waals surface area contributed by atoms with Crippen LogP contribution in [0.15, 0.2) is 91.3 Å². The molecule has 2 atom stereocenters. The largest absolute Gasteiger partial charge is 0.460 e. The minimum absolute atomic E-state index is 0.261. The van der Waals surface area contributed by atoms with Crippen molar-refractivity contribution in [2.45, 2.75) is 50.5 Å². The Balaban J connectivity index is 1.81. The number of esters is 1. The molecule has 0 bridgehead atoms. The maximum Gasteiger partial charge on any atom is 0.432 e. The highest BCUT2D eigenvalue weighted by atomic mass is 19.4. The average molecular weight is 474 g/mol. The molecule has 0 fully saturated rings. The first kappa shape index (κ1) is 27.1. The Kier molecular flexibility index (Phi) is 10.7. The van der Waals surface area contributed by atoms with Crippen LogP contribution in [0.1, 0.15) is 37.3 Å². The number of halogens is 3. The van der Waals surface area contributed by atoms with Crippen molar-refractivity contribution >= 4 is 5.97 Å². The first-order valence-electron chi connectivity index (χ1n) is 11.1. The van der Waals surface area contributed by atoms with Crippen LogP contribution in [-0.4, -0.2) is 30.3 Å². The van der Waals surface area contributed by atoms with Gasteiger partial charge in [-0.1, -0.05) is 72.9 Å². The van der Waals surface area contributed by atoms with Crippen LogP contribution in [-0.2, 0) is 26.3 Å². The number of ether oxygens (including phenoxy) is 2. The molecule has 0 amide bonds. The van der Waals surface area contributed by atoms with E-state index in [1.165, 1.54) is 36.8 Å². The summed E-state index contributed by atoms with van der Waals surface area (Å²) in [5.74, 6) is -1.49. The van der Waals surface area contributed by atoms with Crippen molar-refractivity contribution < 1.29 is 27.4 Å². The maximum absolute atomic E-state index is 13.9. The number of aryl methyl sites for hydroxylation is 1. The van der Waals surface area contributed by atoms with Gasteiger partial charge in [-0.25, -0.2) is 4.79 Å². The van der Waals surface area contributed by atoms with Crippen LogP contribution in [0.3, 0.4) is 0 Å². The van der Waals surface area contributed by atoms with Gasteiger partial charge in [-0.2, -0.15) is 13.2 Å². The van der Waals surface area contributed by atoms with Crippen LogP contribution < -0.4 is 0 Å². The van der Waals surface area contributed by atoms with E-state index in [-0.39, 0.29) is 12.0 Å². The topological polar surface area (TPSA) is 48.4 Å². The summed E-state index contributed by atoms with van der Waals surface area (Å²) in [7, 11) is 0.851. The van der Waals surface area contributed by atoms with E-state index in [4.69, 9.17) is 9.47 Å². The lowest BCUT2D eigenvalue weighted by atomic mass is 9.92. The number of hydrogen-bond donors (Lipinski definition) is 0. The zero-order valence-electron chi connectivity index (χ0n) is 19.4. The molecule has 1 aromatic carbocycles. The van der Waals surface area contributed by atoms with Gasteiger partial charge >= 0.3 is 12.1 Å². The number of methoxy groups -OCH3 is 1. The third kappa shape index (κ3) is 7.70. The molecular formula is C27H30F3NO3. The molecule has 0 saturated carbocycles. The van der Waals surface area contributed by atoms with Crippen molar-refractivity contribution in [2.24, 2.45) is 0 Å². The number of allylic oxidation sites excluding steroid dienone is 5. The SMILES string of the molecule is CO[C@@](C(=O)O[C@@H](C)C/C=C/C=C/C=C/CCCc1cccnc1)(c1ccccc1)C(F)(F)F. The number of aromatic nitrogens is 1. The van der Waals surface area contributed by atoms with Gasteiger partial charge in [-0.05, 0) is 37.8 Å². The van der Waals surface area contributed by atoms with E-state index in [9.17, 15) is 18.0 Å². The number of benzene rings is 1. The Bertz CT molecular complexity index is 956. The number of unbranched alkanes of at least 4 members (excludes halogenated alkanes) is 1. The molecule has 0 spiro atoms. The number of rotatable bonds is 12. The van der Waals surface area contributed by atoms with E-state index in [0.717, 1.165) is 26.4 Å². The fraction of sp³-hybridized carbons (Fsp3) is 0.333. The van der Waals surface area contributed by atoms with E-state index >= 15 is 0 Å². The minimum atomic E-state index is -4.98. The zero-order valence-corrected chi connectivity index (χ0v) is 19.4. The van der Waals surface area contributed by atoms with E-state index in [2.05, 4.69) is 17.1 Å². The number of nitrogens with zero attached hydrogens (tertiary/aromatic N) is 1. The highest BCUT2D eigenvalue weighted by Crippen LogP contribution is 2.43. The summed E-state index contributed by atoms with van der Waals surface area (Å²) in [6.07, 6.45) is 12.3. The maximum atomic E-state index is 13.9. The molecular weight excluding hydrogens is 443 g/mol. The fourth-order valence-electron chi connectivity index (χ4n) is 3.32. The summed E-state index contributed by atoms with van der Waals surface area (Å²) >= 11 is 0. The lowest BCUT2D eigenvalue weighted by molar-refractivity contribution is -0.277. The van der Waals surface area contributed by atoms with Crippen LogP contribution in [0, 0.1) is 0 Å². The zero-order chi connectivity index (χ0) is 24.9. The molecule has 0 aliphatic carbocycles. The van der Waals surface area contributed by atoms with Gasteiger partial charge in [-0.15, -0.1) is 0 Å². The van der Waals surface area contributed by atoms with Crippen LogP contribution in [0.5, 0.6) is 0 Å². The highest BCUT2D eigenvalue weighted by molar-refractivity contribution is 5.82. The van der Waals surface area contributed by atoms with Crippen molar-refractivity contribution in [1.29, 1.82) is 0 Å². The Morgan fingerprint density at radius 2 is 1.74 bits per heavy atom. The molecule has 34 heavy (non-hydrogen) atoms. The second-order valence-corrected chi connectivity index (χ2v) is 7.70. The Labute approximate surface area is 198 Å². The third-order valence-corrected chi connectivity index (χ3v) is 5.11. The van der Waals surface area contributed by atoms with Crippen LogP contribution >= 0.6 is 0 Å². The summed E-state index contributed by atoms with van der Waals surface area (Å²) in [5.41, 5.74) is -2.28. The average Bonchev–Trinajstić information content (AvgIpc) is 2.81. The summed E-state index contributed by atoms with van der Waals surface area (Å²) in [4.78, 5) is 16.7. The molecule has 1 heterocycles. The molecule has 0 saturated heterocycles. The standard InChI is InChI=1S/C27H30F3NO3/c1-22(15-10-7-5-3-4-6-8-11-16-23-17-14-20-31-21-23)34-25(32)26(33-2,27(28,29)30)24-18-12-9-13-19-24/h3-7,9-10,12-14,17-22H,8,11,15-16H2,1-2H3/b5-3+,6-4+,10-7+/t22-,26+/m0/s1. The molecule has 4 nitrogen and oxygen atoms in total. The van der Waals surface area contributed by atoms with Gasteiger partial charge in [0.1, 0.15) is 6.10 Å². The highest BCUT2D eigenvalue weighted by Gasteiger charge is 2.64. The molecule has 0 radical (unpaired) electrons. The van der Waals surface area contributed by atoms with Crippen molar-refractivity contribution in [3.8, 4) is 0 Å². The predicted molar refractivity (Wildman–Crippen MR) is 126 cm³/mol. The smallest absolute Gasteiger partial charge is 0.432 e. The quantitative estimate of drug-likeness (QED) is 0.201. The second kappa shape index (κ2) is 13.5. The van der Waals surface area contributed by atoms with Crippen LogP contribution in [0.2, 0.25) is 0 Å². The van der Waals surface area contributed by atoms with E-state index < -0.39 is 23.9 Å². The summed E-state index contributed by atoms with van der Waals surface area (Å²) < 4.78 is 51.5. The molecule has 182 valence electrons. The van der Waals surface area contributed by atoms with Gasteiger partial charge in [-0.3, -0.25) is 4.98 Å². The van der Waals surface area contributed by atoms with Crippen LogP contribution in [0.4, 0.5) is 13.2 Å². The third-order valence-electron chi connectivity index (χ3n) is 5.11. The lowest BCUT2D eigenvalue weighted by Crippen LogP contribution is -2.52. The van der Waals surface area contributed by atoms with Gasteiger partial charge in [0, 0.05) is 31.5 Å². The summed E-state index contributed by atoms with van der Waals surface area (Å²) in [6, 6.07) is 10.8. The monoisotopic (exact) mass is 473 g/mol. The van der Waals surface area contributed by atoms with Crippen LogP contribution in [0.25, 0.3) is 0 Å². The van der Waals surface area contributed by atoms with Gasteiger partial charge < -0.3 is 9.47 Å². The van der Waals surface area contributed by atoms with Gasteiger partial charge in [0.15, 0.2) is 0 Å². The number of hydrogen-bond acceptors (Lipinski definition) is 4. The van der Waals surface area contributed by atoms with Gasteiger partial charge in [0.2, 0.25) is 0 Å². The molecule has 0 aliphatic rings. The van der Waals surface area contributed by atoms with Crippen molar-refractivity contribution in [2.75, 3.05) is 7.11 Å². The molecule has 1 aromatic heterocycles. The van der Waals surface area contributed by atoms with E-state index in [0.29, 0.717) is 0 Å². The first-order chi connectivity index (χ1) is 16.3. The molecule has 0 unspecified atom stereocenters. The molecule has 2 rings (SSSR count). The number of alkyl halides is 3. The first-order valence-corrected chi connectivity index (χ1v) is 11.1. The van der Waals surface area contributed by atoms with E-state index in [1.54, 1.807) is 24.4 Å². The number of carbonyl (C=O) groups excluding carboxylic acids is 1. The van der Waals surface area contributed by atoms with Crippen molar-refractivity contribution in [3.63, 3.8) is 0 Å². The lowest BCUT2D eigenvalue weighted by Gasteiger charge is -2.33. The Morgan fingerprint density at radius 1 is 1.03 bits per heavy atom. The molecule has 7 heteroatoms. The van der Waals surface area contributed by atoms with E-state index in [1.807, 2.05) is 30.5 Å². The molecule has 0 N–H and O–H groups in total. The Hall–Kier alpha value is -3.19. The molecule has 0 aliphatic heterocycles. The summed E-state index contributed by atoms with van der Waals surface area (Å²) in [5, 5.41) is 0. The van der Waals surface area contributed by atoms with Crippen molar-refractivity contribution in [3.05, 3.63) is 102 Å². The fourth-order valence-corrected chi connectivity index (χ4v) is 3.32. The molecule has 2 aromatic rings. The number of carbonyl (C=O) groups is 1. The van der Waals surface area contributed by atoms with Gasteiger partial charge in [0.05, 0.1) is 0 Å². The summed E-state index contributed by atoms with van der Waals surface area (Å²) in [6.45, 7) is 1.54.